The molecule has 0 amide bonds. The summed E-state index contributed by atoms with van der Waals surface area (Å²) in [6.07, 6.45) is -1.90. The van der Waals surface area contributed by atoms with Crippen LogP contribution in [0.25, 0.3) is 11.0 Å². The SMILES string of the molecule is Cc1cc(N2CCN(C[C@H]3CN(c4ccc(C(F)(F)F)c5nccnc45)C[C@@H](C)O3)CC2)nc(N2CCNCC2)n1. The zero-order valence-corrected chi connectivity index (χ0v) is 23.4. The number of hydrogen-bond acceptors (Lipinski definition) is 10. The van der Waals surface area contributed by atoms with Gasteiger partial charge in [-0.2, -0.15) is 18.2 Å². The summed E-state index contributed by atoms with van der Waals surface area (Å²) >= 11 is 0. The molecule has 0 saturated carbocycles. The lowest BCUT2D eigenvalue weighted by Gasteiger charge is -2.42. The van der Waals surface area contributed by atoms with Gasteiger partial charge in [0.2, 0.25) is 5.95 Å². The molecule has 220 valence electrons. The van der Waals surface area contributed by atoms with E-state index < -0.39 is 11.7 Å². The first kappa shape index (κ1) is 27.9. The number of alkyl halides is 3. The van der Waals surface area contributed by atoms with Crippen molar-refractivity contribution < 1.29 is 17.9 Å². The fourth-order valence-electron chi connectivity index (χ4n) is 6.02. The van der Waals surface area contributed by atoms with Crippen LogP contribution in [0.1, 0.15) is 18.2 Å². The van der Waals surface area contributed by atoms with Crippen LogP contribution >= 0.6 is 0 Å². The van der Waals surface area contributed by atoms with Crippen molar-refractivity contribution in [2.24, 2.45) is 0 Å². The summed E-state index contributed by atoms with van der Waals surface area (Å²) in [6, 6.07) is 4.69. The van der Waals surface area contributed by atoms with Gasteiger partial charge in [-0.3, -0.25) is 14.9 Å². The van der Waals surface area contributed by atoms with Crippen molar-refractivity contribution >= 4 is 28.5 Å². The van der Waals surface area contributed by atoms with Crippen LogP contribution in [0.3, 0.4) is 0 Å². The smallest absolute Gasteiger partial charge is 0.370 e. The van der Waals surface area contributed by atoms with E-state index in [0.29, 0.717) is 18.8 Å². The molecule has 6 rings (SSSR count). The van der Waals surface area contributed by atoms with Crippen LogP contribution < -0.4 is 20.0 Å². The number of morpholine rings is 1. The number of rotatable bonds is 5. The summed E-state index contributed by atoms with van der Waals surface area (Å²) in [5, 5.41) is 3.37. The molecule has 0 unspecified atom stereocenters. The summed E-state index contributed by atoms with van der Waals surface area (Å²) in [7, 11) is 0. The average molecular weight is 572 g/mol. The summed E-state index contributed by atoms with van der Waals surface area (Å²) < 4.78 is 47.1. The number of nitrogens with zero attached hydrogens (tertiary/aromatic N) is 8. The Labute approximate surface area is 237 Å². The molecule has 5 heterocycles. The molecule has 3 aromatic rings. The predicted octanol–water partition coefficient (Wildman–Crippen LogP) is 2.57. The predicted molar refractivity (Wildman–Crippen MR) is 152 cm³/mol. The average Bonchev–Trinajstić information content (AvgIpc) is 2.96. The topological polar surface area (TPSA) is 85.8 Å². The van der Waals surface area contributed by atoms with Crippen molar-refractivity contribution in [3.05, 3.63) is 41.9 Å². The first-order chi connectivity index (χ1) is 19.7. The molecule has 3 fully saturated rings. The molecule has 3 saturated heterocycles. The number of nitrogens with one attached hydrogen (secondary N) is 1. The molecule has 3 aliphatic rings. The van der Waals surface area contributed by atoms with Crippen molar-refractivity contribution in [3.8, 4) is 0 Å². The fourth-order valence-corrected chi connectivity index (χ4v) is 6.02. The minimum Gasteiger partial charge on any atom is -0.370 e. The van der Waals surface area contributed by atoms with Crippen molar-refractivity contribution in [2.75, 3.05) is 86.7 Å². The number of piperazine rings is 2. The zero-order chi connectivity index (χ0) is 28.6. The molecule has 10 nitrogen and oxygen atoms in total. The Morgan fingerprint density at radius 1 is 0.902 bits per heavy atom. The molecule has 0 aliphatic carbocycles. The highest BCUT2D eigenvalue weighted by Gasteiger charge is 2.35. The summed E-state index contributed by atoms with van der Waals surface area (Å²) in [4.78, 5) is 27.0. The number of fused-ring (bicyclic) bond motifs is 1. The van der Waals surface area contributed by atoms with Gasteiger partial charge in [0.1, 0.15) is 16.9 Å². The molecule has 0 bridgehead atoms. The van der Waals surface area contributed by atoms with E-state index in [2.05, 4.69) is 45.9 Å². The lowest BCUT2D eigenvalue weighted by molar-refractivity contribution is -0.136. The number of benzene rings is 1. The Morgan fingerprint density at radius 3 is 2.37 bits per heavy atom. The molecular weight excluding hydrogens is 535 g/mol. The van der Waals surface area contributed by atoms with E-state index in [9.17, 15) is 13.2 Å². The monoisotopic (exact) mass is 571 g/mol. The maximum Gasteiger partial charge on any atom is 0.418 e. The third-order valence-corrected chi connectivity index (χ3v) is 7.96. The van der Waals surface area contributed by atoms with Crippen LogP contribution in [0.5, 0.6) is 0 Å². The number of halogens is 3. The van der Waals surface area contributed by atoms with Crippen LogP contribution in [0.15, 0.2) is 30.6 Å². The number of aryl methyl sites for hydroxylation is 1. The highest BCUT2D eigenvalue weighted by Crippen LogP contribution is 2.37. The van der Waals surface area contributed by atoms with E-state index in [1.54, 1.807) is 0 Å². The molecule has 0 radical (unpaired) electrons. The van der Waals surface area contributed by atoms with Gasteiger partial charge in [-0.15, -0.1) is 0 Å². The Bertz CT molecular complexity index is 1360. The lowest BCUT2D eigenvalue weighted by atomic mass is 10.1. The van der Waals surface area contributed by atoms with E-state index >= 15 is 0 Å². The Balaban J connectivity index is 1.11. The van der Waals surface area contributed by atoms with Crippen molar-refractivity contribution in [3.63, 3.8) is 0 Å². The van der Waals surface area contributed by atoms with Gasteiger partial charge in [0.25, 0.3) is 0 Å². The third kappa shape index (κ3) is 6.16. The van der Waals surface area contributed by atoms with Crippen LogP contribution in [-0.4, -0.2) is 109 Å². The third-order valence-electron chi connectivity index (χ3n) is 7.96. The van der Waals surface area contributed by atoms with Crippen LogP contribution in [0, 0.1) is 6.92 Å². The van der Waals surface area contributed by atoms with E-state index in [1.807, 2.05) is 13.8 Å². The second kappa shape index (κ2) is 11.5. The molecule has 0 spiro atoms. The van der Waals surface area contributed by atoms with Crippen molar-refractivity contribution in [1.82, 2.24) is 30.2 Å². The van der Waals surface area contributed by atoms with Gasteiger partial charge in [-0.25, -0.2) is 4.98 Å². The molecule has 41 heavy (non-hydrogen) atoms. The maximum atomic E-state index is 13.6. The van der Waals surface area contributed by atoms with Crippen molar-refractivity contribution in [2.45, 2.75) is 32.2 Å². The maximum absolute atomic E-state index is 13.6. The minimum atomic E-state index is -4.49. The number of hydrogen-bond donors (Lipinski definition) is 1. The molecular formula is C28H36F3N9O. The Kier molecular flexibility index (Phi) is 7.84. The fraction of sp³-hybridized carbons (Fsp3) is 0.571. The van der Waals surface area contributed by atoms with Gasteiger partial charge in [0, 0.05) is 96.1 Å². The van der Waals surface area contributed by atoms with Gasteiger partial charge < -0.3 is 24.8 Å². The molecule has 2 aromatic heterocycles. The highest BCUT2D eigenvalue weighted by molar-refractivity contribution is 5.90. The standard InChI is InChI=1S/C28H36F3N9O/c1-19-15-24(36-27(35-19)39-9-7-32-8-10-39)38-13-11-37(12-14-38)17-21-18-40(16-20(2)41-21)23-4-3-22(28(29,30)31)25-26(23)34-6-5-33-25/h3-6,15,20-21,32H,7-14,16-18H2,1-2H3/t20-,21+/m1/s1. The largest absolute Gasteiger partial charge is 0.418 e. The van der Waals surface area contributed by atoms with Gasteiger partial charge in [0.05, 0.1) is 23.5 Å². The van der Waals surface area contributed by atoms with Crippen molar-refractivity contribution in [1.29, 1.82) is 0 Å². The molecule has 1 N–H and O–H groups in total. The van der Waals surface area contributed by atoms with Crippen LogP contribution in [-0.2, 0) is 10.9 Å². The molecule has 1 aromatic carbocycles. The zero-order valence-electron chi connectivity index (χ0n) is 23.4. The number of ether oxygens (including phenoxy) is 1. The normalized spacial score (nSPS) is 22.9. The lowest BCUT2D eigenvalue weighted by Crippen LogP contribution is -2.54. The number of anilines is 3. The Hall–Kier alpha value is -3.29. The van der Waals surface area contributed by atoms with Crippen LogP contribution in [0.2, 0.25) is 0 Å². The first-order valence-corrected chi connectivity index (χ1v) is 14.2. The van der Waals surface area contributed by atoms with E-state index in [4.69, 9.17) is 9.72 Å². The minimum absolute atomic E-state index is 0.0727. The summed E-state index contributed by atoms with van der Waals surface area (Å²) in [5.41, 5.74) is 1.01. The summed E-state index contributed by atoms with van der Waals surface area (Å²) in [6.45, 7) is 13.0. The van der Waals surface area contributed by atoms with Gasteiger partial charge in [-0.05, 0) is 26.0 Å². The van der Waals surface area contributed by atoms with Gasteiger partial charge in [-0.1, -0.05) is 0 Å². The van der Waals surface area contributed by atoms with Gasteiger partial charge in [0.15, 0.2) is 0 Å². The first-order valence-electron chi connectivity index (χ1n) is 14.2. The molecule has 3 aliphatic heterocycles. The highest BCUT2D eigenvalue weighted by atomic mass is 19.4. The van der Waals surface area contributed by atoms with E-state index in [-0.39, 0.29) is 23.2 Å². The quantitative estimate of drug-likeness (QED) is 0.493. The Morgan fingerprint density at radius 2 is 1.63 bits per heavy atom. The summed E-state index contributed by atoms with van der Waals surface area (Å²) in [5.74, 6) is 1.77. The second-order valence-corrected chi connectivity index (χ2v) is 11.0. The molecule has 2 atom stereocenters. The van der Waals surface area contributed by atoms with Crippen LogP contribution in [0.4, 0.5) is 30.6 Å². The van der Waals surface area contributed by atoms with Gasteiger partial charge >= 0.3 is 6.18 Å². The second-order valence-electron chi connectivity index (χ2n) is 11.0. The molecule has 13 heteroatoms. The van der Waals surface area contributed by atoms with E-state index in [1.165, 1.54) is 18.5 Å². The van der Waals surface area contributed by atoms with E-state index in [0.717, 1.165) is 82.4 Å². The number of aromatic nitrogens is 4.